The summed E-state index contributed by atoms with van der Waals surface area (Å²) in [5.74, 6) is 0. The molecule has 4 aromatic rings. The van der Waals surface area contributed by atoms with Gasteiger partial charge in [0.2, 0.25) is 10.0 Å². The first-order valence-electron chi connectivity index (χ1n) is 13.6. The van der Waals surface area contributed by atoms with Crippen LogP contribution in [0.3, 0.4) is 0 Å². The number of nitrogens with zero attached hydrogens (tertiary/aromatic N) is 2. The Balaban J connectivity index is 1.30. The van der Waals surface area contributed by atoms with E-state index in [1.165, 1.54) is 0 Å². The van der Waals surface area contributed by atoms with Crippen molar-refractivity contribution in [1.82, 2.24) is 14.6 Å². The van der Waals surface area contributed by atoms with Crippen LogP contribution in [0, 0.1) is 0 Å². The standard InChI is InChI=1S/C32H35N3O5S/c1-3-18-35(2)21-28-19-29(25-13-11-24(22-36)12-14-25)40-32(39-28)27-15-9-23(10-16-27)20-34-41(37,38)30-8-4-6-26-7-5-17-33-31(26)30/h3-17,28-29,32,34,36H,1,18-22H2,2H3/t28-,29+,32?/m0/s1. The average Bonchev–Trinajstić information content (AvgIpc) is 3.00. The van der Waals surface area contributed by atoms with Crippen LogP contribution in [-0.2, 0) is 32.6 Å². The van der Waals surface area contributed by atoms with E-state index in [4.69, 9.17) is 9.47 Å². The molecule has 41 heavy (non-hydrogen) atoms. The number of hydrogen-bond acceptors (Lipinski definition) is 7. The molecule has 1 aliphatic heterocycles. The Morgan fingerprint density at radius 1 is 1.00 bits per heavy atom. The minimum Gasteiger partial charge on any atom is -0.392 e. The summed E-state index contributed by atoms with van der Waals surface area (Å²) in [5, 5.41) is 10.2. The van der Waals surface area contributed by atoms with Gasteiger partial charge in [-0.3, -0.25) is 4.98 Å². The first-order valence-corrected chi connectivity index (χ1v) is 15.1. The molecular weight excluding hydrogens is 538 g/mol. The molecule has 9 heteroatoms. The monoisotopic (exact) mass is 573 g/mol. The van der Waals surface area contributed by atoms with E-state index in [2.05, 4.69) is 21.2 Å². The number of benzene rings is 3. The van der Waals surface area contributed by atoms with Crippen molar-refractivity contribution in [2.24, 2.45) is 0 Å². The molecule has 8 nitrogen and oxygen atoms in total. The summed E-state index contributed by atoms with van der Waals surface area (Å²) in [6, 6.07) is 24.1. The SMILES string of the molecule is C=CCN(C)C[C@@H]1C[C@H](c2ccc(CO)cc2)OC(c2ccc(CNS(=O)(=O)c3cccc4cccnc34)cc2)O1. The zero-order valence-electron chi connectivity index (χ0n) is 23.0. The second-order valence-corrected chi connectivity index (χ2v) is 12.0. The third-order valence-corrected chi connectivity index (χ3v) is 8.61. The van der Waals surface area contributed by atoms with Crippen LogP contribution >= 0.6 is 0 Å². The zero-order valence-corrected chi connectivity index (χ0v) is 23.8. The molecular formula is C32H35N3O5S. The van der Waals surface area contributed by atoms with Crippen LogP contribution in [0.4, 0.5) is 0 Å². The third kappa shape index (κ3) is 7.08. The maximum absolute atomic E-state index is 13.1. The molecule has 3 aromatic carbocycles. The van der Waals surface area contributed by atoms with Crippen molar-refractivity contribution >= 4 is 20.9 Å². The molecule has 1 fully saturated rings. The van der Waals surface area contributed by atoms with Crippen molar-refractivity contribution in [2.45, 2.75) is 43.0 Å². The van der Waals surface area contributed by atoms with Gasteiger partial charge < -0.3 is 19.5 Å². The number of fused-ring (bicyclic) bond motifs is 1. The molecule has 2 heterocycles. The van der Waals surface area contributed by atoms with Crippen molar-refractivity contribution in [1.29, 1.82) is 0 Å². The van der Waals surface area contributed by atoms with Gasteiger partial charge in [0, 0.05) is 43.2 Å². The second kappa shape index (κ2) is 13.0. The highest BCUT2D eigenvalue weighted by molar-refractivity contribution is 7.89. The van der Waals surface area contributed by atoms with Crippen LogP contribution in [0.25, 0.3) is 10.9 Å². The van der Waals surface area contributed by atoms with Gasteiger partial charge in [-0.2, -0.15) is 0 Å². The van der Waals surface area contributed by atoms with Crippen LogP contribution in [-0.4, -0.2) is 49.6 Å². The van der Waals surface area contributed by atoms with E-state index in [1.54, 1.807) is 24.4 Å². The molecule has 3 atom stereocenters. The third-order valence-electron chi connectivity index (χ3n) is 7.17. The molecule has 5 rings (SSSR count). The molecule has 2 N–H and O–H groups in total. The van der Waals surface area contributed by atoms with Crippen molar-refractivity contribution in [3.63, 3.8) is 0 Å². The predicted octanol–water partition coefficient (Wildman–Crippen LogP) is 4.87. The average molecular weight is 574 g/mol. The number of nitrogens with one attached hydrogen (secondary N) is 1. The number of rotatable bonds is 11. The number of pyridine rings is 1. The van der Waals surface area contributed by atoms with Crippen LogP contribution in [0.5, 0.6) is 0 Å². The van der Waals surface area contributed by atoms with Gasteiger partial charge in [-0.05, 0) is 35.9 Å². The summed E-state index contributed by atoms with van der Waals surface area (Å²) in [5.41, 5.74) is 3.98. The Morgan fingerprint density at radius 3 is 2.44 bits per heavy atom. The highest BCUT2D eigenvalue weighted by Crippen LogP contribution is 2.38. The number of aliphatic hydroxyl groups excluding tert-OH is 1. The molecule has 0 spiro atoms. The van der Waals surface area contributed by atoms with E-state index in [0.29, 0.717) is 11.9 Å². The lowest BCUT2D eigenvalue weighted by Gasteiger charge is -2.37. The fourth-order valence-electron chi connectivity index (χ4n) is 5.02. The lowest BCUT2D eigenvalue weighted by atomic mass is 9.99. The minimum atomic E-state index is -3.77. The van der Waals surface area contributed by atoms with Crippen molar-refractivity contribution in [2.75, 3.05) is 20.1 Å². The van der Waals surface area contributed by atoms with E-state index in [9.17, 15) is 13.5 Å². The van der Waals surface area contributed by atoms with E-state index in [0.717, 1.165) is 40.7 Å². The van der Waals surface area contributed by atoms with Gasteiger partial charge >= 0.3 is 0 Å². The summed E-state index contributed by atoms with van der Waals surface area (Å²) in [6.45, 7) is 5.43. The van der Waals surface area contributed by atoms with E-state index in [-0.39, 0.29) is 30.3 Å². The zero-order chi connectivity index (χ0) is 28.8. The van der Waals surface area contributed by atoms with Crippen molar-refractivity contribution in [3.05, 3.63) is 120 Å². The second-order valence-electron chi connectivity index (χ2n) is 10.3. The normalized spacial score (nSPS) is 19.4. The van der Waals surface area contributed by atoms with Crippen molar-refractivity contribution in [3.8, 4) is 0 Å². The summed E-state index contributed by atoms with van der Waals surface area (Å²) in [4.78, 5) is 6.58. The number of ether oxygens (including phenoxy) is 2. The largest absolute Gasteiger partial charge is 0.392 e. The fourth-order valence-corrected chi connectivity index (χ4v) is 6.21. The van der Waals surface area contributed by atoms with Crippen LogP contribution in [0.2, 0.25) is 0 Å². The van der Waals surface area contributed by atoms with Gasteiger partial charge in [-0.15, -0.1) is 6.58 Å². The Hall–Kier alpha value is -3.44. The van der Waals surface area contributed by atoms with Gasteiger partial charge in [0.15, 0.2) is 6.29 Å². The summed E-state index contributed by atoms with van der Waals surface area (Å²) in [7, 11) is -1.74. The van der Waals surface area contributed by atoms with Gasteiger partial charge in [-0.25, -0.2) is 13.1 Å². The van der Waals surface area contributed by atoms with Crippen LogP contribution in [0.1, 0.15) is 41.1 Å². The highest BCUT2D eigenvalue weighted by atomic mass is 32.2. The molecule has 0 bridgehead atoms. The maximum atomic E-state index is 13.1. The lowest BCUT2D eigenvalue weighted by molar-refractivity contribution is -0.252. The molecule has 0 amide bonds. The van der Waals surface area contributed by atoms with Crippen LogP contribution < -0.4 is 4.72 Å². The summed E-state index contributed by atoms with van der Waals surface area (Å²) in [6.07, 6.45) is 3.32. The number of aliphatic hydroxyl groups is 1. The molecule has 1 unspecified atom stereocenters. The first kappa shape index (κ1) is 29.1. The Bertz CT molecular complexity index is 1570. The molecule has 214 valence electrons. The Kier molecular flexibility index (Phi) is 9.24. The number of likely N-dealkylation sites (N-methyl/N-ethyl adjacent to an activating group) is 1. The van der Waals surface area contributed by atoms with Gasteiger partial charge in [-0.1, -0.05) is 72.8 Å². The highest BCUT2D eigenvalue weighted by Gasteiger charge is 2.32. The van der Waals surface area contributed by atoms with Gasteiger partial charge in [0.1, 0.15) is 4.90 Å². The van der Waals surface area contributed by atoms with E-state index >= 15 is 0 Å². The number of hydrogen-bond donors (Lipinski definition) is 2. The smallest absolute Gasteiger partial charge is 0.243 e. The van der Waals surface area contributed by atoms with Gasteiger partial charge in [0.25, 0.3) is 0 Å². The minimum absolute atomic E-state index is 0.00610. The lowest BCUT2D eigenvalue weighted by Crippen LogP contribution is -2.37. The van der Waals surface area contributed by atoms with E-state index < -0.39 is 16.3 Å². The molecule has 1 aromatic heterocycles. The number of aromatic nitrogens is 1. The maximum Gasteiger partial charge on any atom is 0.243 e. The van der Waals surface area contributed by atoms with E-state index in [1.807, 2.05) is 73.8 Å². The molecule has 0 radical (unpaired) electrons. The molecule has 0 aliphatic carbocycles. The molecule has 1 aliphatic rings. The Morgan fingerprint density at radius 2 is 1.71 bits per heavy atom. The predicted molar refractivity (Wildman–Crippen MR) is 158 cm³/mol. The molecule has 0 saturated carbocycles. The molecule has 1 saturated heterocycles. The van der Waals surface area contributed by atoms with Crippen molar-refractivity contribution < 1.29 is 23.0 Å². The summed E-state index contributed by atoms with van der Waals surface area (Å²) < 4.78 is 41.7. The topological polar surface area (TPSA) is 101 Å². The quantitative estimate of drug-likeness (QED) is 0.247. The van der Waals surface area contributed by atoms with Gasteiger partial charge in [0.05, 0.1) is 24.3 Å². The Labute approximate surface area is 241 Å². The number of sulfonamides is 1. The fraction of sp³-hybridized carbons (Fsp3) is 0.281. The first-order chi connectivity index (χ1) is 19.9. The number of para-hydroxylation sites is 1. The summed E-state index contributed by atoms with van der Waals surface area (Å²) >= 11 is 0. The van der Waals surface area contributed by atoms with Crippen LogP contribution in [0.15, 0.2) is 103 Å².